The Labute approximate surface area is 154 Å². The molecule has 0 radical (unpaired) electrons. The molecule has 0 saturated carbocycles. The van der Waals surface area contributed by atoms with E-state index < -0.39 is 12.1 Å². The molecular weight excluding hydrogens is 330 g/mol. The molecule has 0 fully saturated rings. The van der Waals surface area contributed by atoms with Gasteiger partial charge in [-0.3, -0.25) is 9.59 Å². The quantitative estimate of drug-likeness (QED) is 0.730. The molecule has 138 valence electrons. The van der Waals surface area contributed by atoms with Crippen LogP contribution in [0.25, 0.3) is 0 Å². The topological polar surface area (TPSA) is 64.6 Å². The average Bonchev–Trinajstić information content (AvgIpc) is 2.64. The normalized spacial score (nSPS) is 11.5. The molecule has 0 aliphatic heterocycles. The van der Waals surface area contributed by atoms with E-state index >= 15 is 0 Å². The predicted octanol–water partition coefficient (Wildman–Crippen LogP) is 3.90. The van der Waals surface area contributed by atoms with Gasteiger partial charge in [0.05, 0.1) is 13.0 Å². The number of esters is 1. The fraction of sp³-hybridized carbons (Fsp3) is 0.333. The minimum atomic E-state index is -0.868. The fourth-order valence-corrected chi connectivity index (χ4v) is 2.26. The zero-order valence-corrected chi connectivity index (χ0v) is 15.5. The van der Waals surface area contributed by atoms with Crippen molar-refractivity contribution in [1.29, 1.82) is 0 Å². The maximum Gasteiger partial charge on any atom is 0.310 e. The van der Waals surface area contributed by atoms with E-state index in [1.54, 1.807) is 6.92 Å². The second-order valence-corrected chi connectivity index (χ2v) is 6.08. The monoisotopic (exact) mass is 355 g/mol. The summed E-state index contributed by atoms with van der Waals surface area (Å²) < 4.78 is 10.6. The van der Waals surface area contributed by atoms with Crippen LogP contribution in [0, 0.1) is 6.92 Å². The summed E-state index contributed by atoms with van der Waals surface area (Å²) in [5.41, 5.74) is 3.01. The number of ether oxygens (including phenoxy) is 2. The highest BCUT2D eigenvalue weighted by atomic mass is 16.5. The van der Waals surface area contributed by atoms with Crippen molar-refractivity contribution in [2.75, 3.05) is 11.9 Å². The first-order valence-corrected chi connectivity index (χ1v) is 8.76. The van der Waals surface area contributed by atoms with Crippen LogP contribution in [0.5, 0.6) is 5.75 Å². The Kier molecular flexibility index (Phi) is 7.21. The van der Waals surface area contributed by atoms with Crippen molar-refractivity contribution in [3.8, 4) is 5.75 Å². The van der Waals surface area contributed by atoms with Gasteiger partial charge in [-0.1, -0.05) is 36.8 Å². The average molecular weight is 355 g/mol. The van der Waals surface area contributed by atoms with Crippen LogP contribution < -0.4 is 10.1 Å². The SMILES string of the molecule is CCc1ccc(NC(=O)C(C)OC(=O)CCOc2ccc(C)cc2)cc1. The van der Waals surface area contributed by atoms with E-state index in [0.717, 1.165) is 12.0 Å². The summed E-state index contributed by atoms with van der Waals surface area (Å²) in [6.45, 7) is 5.81. The molecule has 0 bridgehead atoms. The lowest BCUT2D eigenvalue weighted by Gasteiger charge is -2.14. The van der Waals surface area contributed by atoms with E-state index in [1.807, 2.05) is 55.5 Å². The van der Waals surface area contributed by atoms with E-state index in [2.05, 4.69) is 12.2 Å². The van der Waals surface area contributed by atoms with Crippen molar-refractivity contribution in [1.82, 2.24) is 0 Å². The second-order valence-electron chi connectivity index (χ2n) is 6.08. The number of hydrogen-bond donors (Lipinski definition) is 1. The molecule has 1 amide bonds. The van der Waals surface area contributed by atoms with Gasteiger partial charge in [0.15, 0.2) is 6.10 Å². The van der Waals surface area contributed by atoms with E-state index in [0.29, 0.717) is 11.4 Å². The summed E-state index contributed by atoms with van der Waals surface area (Å²) in [6, 6.07) is 15.1. The number of benzene rings is 2. The molecule has 0 aromatic heterocycles. The molecule has 26 heavy (non-hydrogen) atoms. The Hall–Kier alpha value is -2.82. The maximum absolute atomic E-state index is 12.1. The first-order valence-electron chi connectivity index (χ1n) is 8.76. The molecule has 5 nitrogen and oxygen atoms in total. The molecule has 0 aliphatic rings. The molecule has 0 heterocycles. The van der Waals surface area contributed by atoms with Crippen LogP contribution in [-0.4, -0.2) is 24.6 Å². The Morgan fingerprint density at radius 2 is 1.69 bits per heavy atom. The molecule has 1 atom stereocenters. The van der Waals surface area contributed by atoms with E-state index in [9.17, 15) is 9.59 Å². The highest BCUT2D eigenvalue weighted by molar-refractivity contribution is 5.95. The molecule has 2 aromatic carbocycles. The Morgan fingerprint density at radius 3 is 2.31 bits per heavy atom. The van der Waals surface area contributed by atoms with Gasteiger partial charge in [-0.15, -0.1) is 0 Å². The maximum atomic E-state index is 12.1. The molecule has 0 saturated heterocycles. The van der Waals surface area contributed by atoms with Gasteiger partial charge in [-0.25, -0.2) is 0 Å². The number of rotatable bonds is 8. The highest BCUT2D eigenvalue weighted by Gasteiger charge is 2.18. The third-order valence-corrected chi connectivity index (χ3v) is 3.90. The summed E-state index contributed by atoms with van der Waals surface area (Å²) in [5.74, 6) is -0.132. The zero-order chi connectivity index (χ0) is 18.9. The van der Waals surface area contributed by atoms with Crippen LogP contribution in [0.15, 0.2) is 48.5 Å². The van der Waals surface area contributed by atoms with Crippen LogP contribution in [0.4, 0.5) is 5.69 Å². The largest absolute Gasteiger partial charge is 0.493 e. The summed E-state index contributed by atoms with van der Waals surface area (Å²) in [5, 5.41) is 2.74. The van der Waals surface area contributed by atoms with Gasteiger partial charge < -0.3 is 14.8 Å². The Balaban J connectivity index is 1.72. The number of amides is 1. The smallest absolute Gasteiger partial charge is 0.310 e. The van der Waals surface area contributed by atoms with Gasteiger partial charge >= 0.3 is 5.97 Å². The van der Waals surface area contributed by atoms with Crippen LogP contribution >= 0.6 is 0 Å². The number of hydrogen-bond acceptors (Lipinski definition) is 4. The third-order valence-electron chi connectivity index (χ3n) is 3.90. The lowest BCUT2D eigenvalue weighted by atomic mass is 10.1. The highest BCUT2D eigenvalue weighted by Crippen LogP contribution is 2.13. The minimum Gasteiger partial charge on any atom is -0.493 e. The number of nitrogens with one attached hydrogen (secondary N) is 1. The van der Waals surface area contributed by atoms with Gasteiger partial charge in [0, 0.05) is 5.69 Å². The van der Waals surface area contributed by atoms with Crippen LogP contribution in [0.1, 0.15) is 31.4 Å². The lowest BCUT2D eigenvalue weighted by Crippen LogP contribution is -2.30. The van der Waals surface area contributed by atoms with Crippen molar-refractivity contribution in [3.05, 3.63) is 59.7 Å². The standard InChI is InChI=1S/C21H25NO4/c1-4-17-7-9-18(10-8-17)22-21(24)16(3)26-20(23)13-14-25-19-11-5-15(2)6-12-19/h5-12,16H,4,13-14H2,1-3H3,(H,22,24). The second kappa shape index (κ2) is 9.61. The fourth-order valence-electron chi connectivity index (χ4n) is 2.26. The van der Waals surface area contributed by atoms with Gasteiger partial charge in [-0.2, -0.15) is 0 Å². The summed E-state index contributed by atoms with van der Waals surface area (Å²) in [4.78, 5) is 24.0. The summed E-state index contributed by atoms with van der Waals surface area (Å²) in [6.07, 6.45) is 0.150. The number of anilines is 1. The molecule has 2 rings (SSSR count). The summed E-state index contributed by atoms with van der Waals surface area (Å²) >= 11 is 0. The molecule has 1 N–H and O–H groups in total. The zero-order valence-electron chi connectivity index (χ0n) is 15.5. The molecule has 0 aliphatic carbocycles. The van der Waals surface area contributed by atoms with Crippen LogP contribution in [0.3, 0.4) is 0 Å². The minimum absolute atomic E-state index is 0.0801. The van der Waals surface area contributed by atoms with E-state index in [1.165, 1.54) is 5.56 Å². The Morgan fingerprint density at radius 1 is 1.04 bits per heavy atom. The summed E-state index contributed by atoms with van der Waals surface area (Å²) in [7, 11) is 0. The lowest BCUT2D eigenvalue weighted by molar-refractivity contribution is -0.153. The van der Waals surface area contributed by atoms with Gasteiger partial charge in [0.25, 0.3) is 5.91 Å². The molecule has 0 spiro atoms. The van der Waals surface area contributed by atoms with Crippen molar-refractivity contribution < 1.29 is 19.1 Å². The van der Waals surface area contributed by atoms with Gasteiger partial charge in [0.1, 0.15) is 5.75 Å². The number of carbonyl (C=O) groups excluding carboxylic acids is 2. The third kappa shape index (κ3) is 6.24. The molecule has 5 heteroatoms. The van der Waals surface area contributed by atoms with Crippen LogP contribution in [0.2, 0.25) is 0 Å². The van der Waals surface area contributed by atoms with Gasteiger partial charge in [-0.05, 0) is 50.1 Å². The predicted molar refractivity (Wildman–Crippen MR) is 101 cm³/mol. The van der Waals surface area contributed by atoms with E-state index in [4.69, 9.17) is 9.47 Å². The number of carbonyl (C=O) groups is 2. The van der Waals surface area contributed by atoms with Crippen molar-refractivity contribution in [2.24, 2.45) is 0 Å². The van der Waals surface area contributed by atoms with Crippen molar-refractivity contribution in [2.45, 2.75) is 39.7 Å². The number of aryl methyl sites for hydroxylation is 2. The van der Waals surface area contributed by atoms with Crippen molar-refractivity contribution >= 4 is 17.6 Å². The Bertz CT molecular complexity index is 723. The first-order chi connectivity index (χ1) is 12.5. The molecule has 2 aromatic rings. The van der Waals surface area contributed by atoms with Gasteiger partial charge in [0.2, 0.25) is 0 Å². The van der Waals surface area contributed by atoms with E-state index in [-0.39, 0.29) is 18.9 Å². The first kappa shape index (κ1) is 19.5. The molecular formula is C21H25NO4. The van der Waals surface area contributed by atoms with Crippen LogP contribution in [-0.2, 0) is 20.7 Å². The van der Waals surface area contributed by atoms with Crippen molar-refractivity contribution in [3.63, 3.8) is 0 Å². The molecule has 1 unspecified atom stereocenters.